The highest BCUT2D eigenvalue weighted by atomic mass is 31.1. The molecule has 1 aliphatic carbocycles. The molecule has 0 fully saturated rings. The molecule has 0 aliphatic heterocycles. The zero-order valence-corrected chi connectivity index (χ0v) is 9.85. The standard InChI is InChI=1S/C13H9O3P/c14-17(15)16-13-7-3-6-11-10-5-2-1-4-9(10)8-12(11)13/h1-7H,8H2/p+1. The molecule has 1 N–H and O–H groups in total. The fraction of sp³-hybridized carbons (Fsp3) is 0.0769. The molecule has 2 aromatic carbocycles. The minimum atomic E-state index is -2.61. The van der Waals surface area contributed by atoms with Crippen LogP contribution in [0.15, 0.2) is 42.5 Å². The molecule has 0 radical (unpaired) electrons. The monoisotopic (exact) mass is 245 g/mol. The summed E-state index contributed by atoms with van der Waals surface area (Å²) >= 11 is 0. The van der Waals surface area contributed by atoms with E-state index in [4.69, 9.17) is 9.42 Å². The lowest BCUT2D eigenvalue weighted by atomic mass is 10.1. The Morgan fingerprint density at radius 1 is 1.06 bits per heavy atom. The number of hydrogen-bond acceptors (Lipinski definition) is 2. The van der Waals surface area contributed by atoms with E-state index < -0.39 is 8.25 Å². The molecule has 84 valence electrons. The van der Waals surface area contributed by atoms with Gasteiger partial charge in [0.25, 0.3) is 0 Å². The van der Waals surface area contributed by atoms with E-state index >= 15 is 0 Å². The molecule has 0 saturated heterocycles. The van der Waals surface area contributed by atoms with E-state index in [-0.39, 0.29) is 0 Å². The summed E-state index contributed by atoms with van der Waals surface area (Å²) in [6, 6.07) is 13.7. The van der Waals surface area contributed by atoms with Gasteiger partial charge in [0.1, 0.15) is 0 Å². The van der Waals surface area contributed by atoms with Crippen molar-refractivity contribution in [1.29, 1.82) is 0 Å². The van der Waals surface area contributed by atoms with Crippen LogP contribution in [0.1, 0.15) is 11.1 Å². The van der Waals surface area contributed by atoms with Crippen LogP contribution in [0.3, 0.4) is 0 Å². The average molecular weight is 245 g/mol. The molecule has 3 nitrogen and oxygen atoms in total. The Kier molecular flexibility index (Phi) is 2.43. The van der Waals surface area contributed by atoms with Crippen LogP contribution >= 0.6 is 8.25 Å². The van der Waals surface area contributed by atoms with E-state index in [1.807, 2.05) is 24.3 Å². The molecule has 0 spiro atoms. The van der Waals surface area contributed by atoms with Gasteiger partial charge in [-0.15, -0.1) is 4.89 Å². The summed E-state index contributed by atoms with van der Waals surface area (Å²) in [5, 5.41) is 0. The van der Waals surface area contributed by atoms with Crippen LogP contribution in [0.2, 0.25) is 0 Å². The Hall–Kier alpha value is -1.70. The van der Waals surface area contributed by atoms with Gasteiger partial charge >= 0.3 is 8.25 Å². The van der Waals surface area contributed by atoms with Gasteiger partial charge in [-0.2, -0.15) is 0 Å². The fourth-order valence-corrected chi connectivity index (χ4v) is 2.64. The molecule has 1 unspecified atom stereocenters. The van der Waals surface area contributed by atoms with Gasteiger partial charge in [0, 0.05) is 16.5 Å². The van der Waals surface area contributed by atoms with Gasteiger partial charge < -0.3 is 0 Å². The van der Waals surface area contributed by atoms with E-state index in [1.54, 1.807) is 6.07 Å². The van der Waals surface area contributed by atoms with E-state index in [0.717, 1.165) is 17.5 Å². The Balaban J connectivity index is 2.14. The van der Waals surface area contributed by atoms with Crippen molar-refractivity contribution in [3.8, 4) is 16.9 Å². The second-order valence-electron chi connectivity index (χ2n) is 3.95. The van der Waals surface area contributed by atoms with Crippen LogP contribution < -0.4 is 4.52 Å². The average Bonchev–Trinajstić information content (AvgIpc) is 2.68. The number of rotatable bonds is 2. The minimum absolute atomic E-state index is 0.502. The van der Waals surface area contributed by atoms with Crippen LogP contribution in [0.5, 0.6) is 5.75 Å². The molecule has 1 aliphatic rings. The van der Waals surface area contributed by atoms with E-state index in [2.05, 4.69) is 12.1 Å². The second-order valence-corrected chi connectivity index (χ2v) is 4.60. The first-order valence-corrected chi connectivity index (χ1v) is 6.43. The molecule has 4 heteroatoms. The summed E-state index contributed by atoms with van der Waals surface area (Å²) in [7, 11) is -2.61. The Morgan fingerprint density at radius 2 is 1.82 bits per heavy atom. The van der Waals surface area contributed by atoms with Gasteiger partial charge in [-0.3, -0.25) is 0 Å². The maximum Gasteiger partial charge on any atom is 0.747 e. The van der Waals surface area contributed by atoms with Gasteiger partial charge in [-0.25, -0.2) is 4.52 Å². The molecule has 0 heterocycles. The zero-order chi connectivity index (χ0) is 11.8. The van der Waals surface area contributed by atoms with Gasteiger partial charge in [-0.1, -0.05) is 36.4 Å². The largest absolute Gasteiger partial charge is 0.747 e. The SMILES string of the molecule is O=[P+](O)Oc1cccc2c1Cc1ccccc1-2. The smallest absolute Gasteiger partial charge is 0.229 e. The van der Waals surface area contributed by atoms with Crippen LogP contribution in [0.4, 0.5) is 0 Å². The van der Waals surface area contributed by atoms with Crippen molar-refractivity contribution in [2.45, 2.75) is 6.42 Å². The molecule has 0 bridgehead atoms. The van der Waals surface area contributed by atoms with Crippen molar-refractivity contribution in [3.63, 3.8) is 0 Å². The van der Waals surface area contributed by atoms with Gasteiger partial charge in [0.2, 0.25) is 0 Å². The zero-order valence-electron chi connectivity index (χ0n) is 8.96. The van der Waals surface area contributed by atoms with E-state index in [0.29, 0.717) is 5.75 Å². The van der Waals surface area contributed by atoms with Gasteiger partial charge in [0.15, 0.2) is 5.75 Å². The summed E-state index contributed by atoms with van der Waals surface area (Å²) in [5.74, 6) is 0.502. The van der Waals surface area contributed by atoms with Gasteiger partial charge in [0.05, 0.1) is 0 Å². The first-order chi connectivity index (χ1) is 8.25. The molecule has 2 aromatic rings. The van der Waals surface area contributed by atoms with E-state index in [9.17, 15) is 4.57 Å². The lowest BCUT2D eigenvalue weighted by Crippen LogP contribution is -1.88. The number of hydrogen-bond donors (Lipinski definition) is 1. The maximum absolute atomic E-state index is 10.8. The highest BCUT2D eigenvalue weighted by molar-refractivity contribution is 7.32. The molecule has 1 atom stereocenters. The number of fused-ring (bicyclic) bond motifs is 3. The molecule has 3 rings (SSSR count). The van der Waals surface area contributed by atoms with Crippen molar-refractivity contribution in [2.24, 2.45) is 0 Å². The third-order valence-electron chi connectivity index (χ3n) is 2.98. The van der Waals surface area contributed by atoms with Crippen LogP contribution in [0.25, 0.3) is 11.1 Å². The van der Waals surface area contributed by atoms with Crippen molar-refractivity contribution < 1.29 is 14.0 Å². The molecule has 0 saturated carbocycles. The third-order valence-corrected chi connectivity index (χ3v) is 3.34. The van der Waals surface area contributed by atoms with Crippen molar-refractivity contribution in [3.05, 3.63) is 53.6 Å². The highest BCUT2D eigenvalue weighted by Gasteiger charge is 2.25. The van der Waals surface area contributed by atoms with Crippen molar-refractivity contribution in [1.82, 2.24) is 0 Å². The summed E-state index contributed by atoms with van der Waals surface area (Å²) in [6.45, 7) is 0. The first kappa shape index (κ1) is 10.5. The lowest BCUT2D eigenvalue weighted by Gasteiger charge is -2.01. The third kappa shape index (κ3) is 1.74. The van der Waals surface area contributed by atoms with Gasteiger partial charge in [-0.05, 0) is 22.8 Å². The summed E-state index contributed by atoms with van der Waals surface area (Å²) in [5.41, 5.74) is 4.49. The normalized spacial score (nSPS) is 12.9. The predicted octanol–water partition coefficient (Wildman–Crippen LogP) is 3.29. The van der Waals surface area contributed by atoms with Crippen molar-refractivity contribution >= 4 is 8.25 Å². The van der Waals surface area contributed by atoms with Crippen LogP contribution in [-0.2, 0) is 11.0 Å². The minimum Gasteiger partial charge on any atom is -0.229 e. The Bertz CT molecular complexity index is 607. The number of benzene rings is 2. The predicted molar refractivity (Wildman–Crippen MR) is 65.1 cm³/mol. The first-order valence-electron chi connectivity index (χ1n) is 5.30. The maximum atomic E-state index is 10.8. The fourth-order valence-electron chi connectivity index (χ4n) is 2.30. The molecule has 0 amide bonds. The summed E-state index contributed by atoms with van der Waals surface area (Å²) in [6.07, 6.45) is 0.755. The van der Waals surface area contributed by atoms with Crippen LogP contribution in [-0.4, -0.2) is 4.89 Å². The molecule has 17 heavy (non-hydrogen) atoms. The highest BCUT2D eigenvalue weighted by Crippen LogP contribution is 2.42. The second kappa shape index (κ2) is 3.95. The lowest BCUT2D eigenvalue weighted by molar-refractivity contribution is 0.409. The Morgan fingerprint density at radius 3 is 2.65 bits per heavy atom. The molecular weight excluding hydrogens is 235 g/mol. The van der Waals surface area contributed by atoms with Crippen LogP contribution in [0, 0.1) is 0 Å². The summed E-state index contributed by atoms with van der Waals surface area (Å²) in [4.78, 5) is 8.84. The topological polar surface area (TPSA) is 46.5 Å². The van der Waals surface area contributed by atoms with Crippen molar-refractivity contribution in [2.75, 3.05) is 0 Å². The van der Waals surface area contributed by atoms with E-state index in [1.165, 1.54) is 11.1 Å². The molecule has 0 aromatic heterocycles. The quantitative estimate of drug-likeness (QED) is 0.704. The Labute approximate surface area is 99.6 Å². The molecular formula is C13H10O3P+. The summed E-state index contributed by atoms with van der Waals surface area (Å²) < 4.78 is 15.7.